The molecule has 2 aliphatic heterocycles. The molecule has 0 aliphatic carbocycles. The van der Waals surface area contributed by atoms with E-state index >= 15 is 35.1 Å². The Morgan fingerprint density at radius 2 is 0.395 bits per heavy atom. The summed E-state index contributed by atoms with van der Waals surface area (Å²) in [6, 6.07) is 0. The quantitative estimate of drug-likeness (QED) is 0.0779. The molecule has 0 aromatic heterocycles. The Morgan fingerprint density at radius 1 is 0.233 bits per heavy atom. The van der Waals surface area contributed by atoms with E-state index in [1.165, 1.54) is 0 Å². The molecule has 0 unspecified atom stereocenters. The van der Waals surface area contributed by atoms with Crippen LogP contribution < -0.4 is 14.3 Å². The summed E-state index contributed by atoms with van der Waals surface area (Å²) in [6.45, 7) is 0. The van der Waals surface area contributed by atoms with Crippen LogP contribution in [-0.4, -0.2) is 18.4 Å². The summed E-state index contributed by atoms with van der Waals surface area (Å²) in [5, 5.41) is 0. The van der Waals surface area contributed by atoms with E-state index in [9.17, 15) is 35.1 Å². The molecule has 2 heterocycles. The van der Waals surface area contributed by atoms with Gasteiger partial charge in [-0.3, -0.25) is 0 Å². The van der Waals surface area contributed by atoms with Gasteiger partial charge >= 0.3 is 239 Å². The van der Waals surface area contributed by atoms with E-state index in [0.29, 0.717) is 0 Å². The molecule has 0 saturated heterocycles. The third kappa shape index (κ3) is 3.47. The van der Waals surface area contributed by atoms with Gasteiger partial charge < -0.3 is 0 Å². The molecule has 2 aliphatic rings. The molecule has 0 bridgehead atoms. The number of hydrogen-bond donors (Lipinski definition) is 0. The molecule has 0 fully saturated rings. The molecular weight excluding hydrogens is 775 g/mol. The topological polar surface area (TPSA) is 0 Å². The predicted molar refractivity (Wildman–Crippen MR) is 118 cm³/mol. The summed E-state index contributed by atoms with van der Waals surface area (Å²) in [7, 11) is 0. The van der Waals surface area contributed by atoms with Crippen LogP contribution in [-0.2, 0) is 0 Å². The molecule has 6 rings (SSSR count). The summed E-state index contributed by atoms with van der Waals surface area (Å²) >= 11 is -9.55. The van der Waals surface area contributed by atoms with Crippen LogP contribution in [0.2, 0.25) is 0 Å². The van der Waals surface area contributed by atoms with E-state index in [1.54, 1.807) is 0 Å². The Labute approximate surface area is 238 Å². The Morgan fingerprint density at radius 3 is 0.581 bits per heavy atom. The van der Waals surface area contributed by atoms with Gasteiger partial charge in [-0.15, -0.1) is 0 Å². The van der Waals surface area contributed by atoms with Gasteiger partial charge in [0.05, 0.1) is 0 Å². The summed E-state index contributed by atoms with van der Waals surface area (Å²) in [5.41, 5.74) is 0. The summed E-state index contributed by atoms with van der Waals surface area (Å²) in [4.78, 5) is -7.16. The molecule has 0 radical (unpaired) electrons. The second kappa shape index (κ2) is 9.63. The van der Waals surface area contributed by atoms with Crippen molar-refractivity contribution in [2.45, 2.75) is 19.6 Å². The molecule has 1 spiro atoms. The van der Waals surface area contributed by atoms with Crippen LogP contribution in [0, 0.1) is 93.1 Å². The zero-order valence-corrected chi connectivity index (χ0v) is 23.9. The zero-order valence-electron chi connectivity index (χ0n) is 19.4. The molecule has 224 valence electrons. The first kappa shape index (κ1) is 30.3. The van der Waals surface area contributed by atoms with Crippen molar-refractivity contribution in [2.75, 3.05) is 0 Å². The SMILES string of the molecule is Fc1c(F)c(F)[c]2c(c1F)Sc1c(F)c(F)c(F)c(F)[c]1[Sn]21[c]2c(F)c(F)c(F)c(F)c2Sc2c(F)c(F)c(F)c(F)[c]21. The van der Waals surface area contributed by atoms with Crippen molar-refractivity contribution in [1.29, 1.82) is 0 Å². The molecule has 19 heteroatoms. The van der Waals surface area contributed by atoms with Gasteiger partial charge in [0.25, 0.3) is 0 Å². The van der Waals surface area contributed by atoms with Crippen LogP contribution in [0.15, 0.2) is 19.6 Å². The first-order chi connectivity index (χ1) is 20.0. The Bertz CT molecular complexity index is 1720. The first-order valence-electron chi connectivity index (χ1n) is 10.8. The average molecular weight is 775 g/mol. The molecule has 0 saturated carbocycles. The first-order valence-corrected chi connectivity index (χ1v) is 18.2. The third-order valence-corrected chi connectivity index (χ3v) is 25.1. The Kier molecular flexibility index (Phi) is 6.78. The molecule has 0 N–H and O–H groups in total. The van der Waals surface area contributed by atoms with Gasteiger partial charge in [-0.1, -0.05) is 0 Å². The normalized spacial score (nSPS) is 14.5. The fourth-order valence-corrected chi connectivity index (χ4v) is 27.3. The molecule has 4 aromatic rings. The number of fused-ring (bicyclic) bond motifs is 8. The van der Waals surface area contributed by atoms with Gasteiger partial charge in [0.15, 0.2) is 0 Å². The minimum absolute atomic E-state index is 0.704. The van der Waals surface area contributed by atoms with Gasteiger partial charge in [-0.05, 0) is 0 Å². The van der Waals surface area contributed by atoms with E-state index in [-0.39, 0.29) is 0 Å². The predicted octanol–water partition coefficient (Wildman–Crippen LogP) is 6.22. The second-order valence-corrected chi connectivity index (χ2v) is 20.8. The average Bonchev–Trinajstić information content (AvgIpc) is 2.99. The Hall–Kier alpha value is -2.74. The van der Waals surface area contributed by atoms with E-state index < -0.39 is 169 Å². The maximum atomic E-state index is 15.8. The molecule has 0 atom stereocenters. The van der Waals surface area contributed by atoms with Crippen LogP contribution in [0.1, 0.15) is 0 Å². The molecule has 4 aromatic carbocycles. The molecular formula is C24F16S2Sn. The maximum absolute atomic E-state index is 15.8. The van der Waals surface area contributed by atoms with Crippen LogP contribution >= 0.6 is 23.5 Å². The van der Waals surface area contributed by atoms with Crippen molar-refractivity contribution in [2.24, 2.45) is 0 Å². The van der Waals surface area contributed by atoms with Crippen LogP contribution in [0.3, 0.4) is 0 Å². The number of hydrogen-bond acceptors (Lipinski definition) is 2. The van der Waals surface area contributed by atoms with Gasteiger partial charge in [0.1, 0.15) is 0 Å². The fraction of sp³-hybridized carbons (Fsp3) is 0. The third-order valence-electron chi connectivity index (χ3n) is 6.80. The van der Waals surface area contributed by atoms with Crippen LogP contribution in [0.25, 0.3) is 0 Å². The van der Waals surface area contributed by atoms with Crippen molar-refractivity contribution in [1.82, 2.24) is 0 Å². The molecule has 0 nitrogen and oxygen atoms in total. The summed E-state index contributed by atoms with van der Waals surface area (Å²) in [5.74, 6) is -43.6. The standard InChI is InChI=1S/2C12F8S.Sn/c2*13-3-1-5(9(17)11(19)7(3)15)21-6-2-4(14)8(16)12(20)10(6)18;. The molecule has 0 amide bonds. The summed E-state index contributed by atoms with van der Waals surface area (Å²) in [6.07, 6.45) is 0. The van der Waals surface area contributed by atoms with Gasteiger partial charge in [-0.2, -0.15) is 0 Å². The van der Waals surface area contributed by atoms with Crippen molar-refractivity contribution < 1.29 is 70.2 Å². The van der Waals surface area contributed by atoms with E-state index in [0.717, 1.165) is 0 Å². The fourth-order valence-electron chi connectivity index (χ4n) is 5.12. The number of halogens is 16. The van der Waals surface area contributed by atoms with E-state index in [1.807, 2.05) is 0 Å². The van der Waals surface area contributed by atoms with Crippen LogP contribution in [0.4, 0.5) is 70.2 Å². The summed E-state index contributed by atoms with van der Waals surface area (Å²) < 4.78 is 232. The van der Waals surface area contributed by atoms with Gasteiger partial charge in [0.2, 0.25) is 0 Å². The monoisotopic (exact) mass is 776 g/mol. The van der Waals surface area contributed by atoms with Crippen LogP contribution in [0.5, 0.6) is 0 Å². The minimum atomic E-state index is -8.14. The van der Waals surface area contributed by atoms with Crippen molar-refractivity contribution in [3.05, 3.63) is 93.1 Å². The number of benzene rings is 4. The van der Waals surface area contributed by atoms with Gasteiger partial charge in [-0.25, -0.2) is 0 Å². The van der Waals surface area contributed by atoms with E-state index in [4.69, 9.17) is 0 Å². The zero-order chi connectivity index (χ0) is 31.8. The van der Waals surface area contributed by atoms with Crippen molar-refractivity contribution >= 4 is 56.2 Å². The van der Waals surface area contributed by atoms with Crippen molar-refractivity contribution in [3.8, 4) is 0 Å². The molecule has 43 heavy (non-hydrogen) atoms. The second-order valence-electron chi connectivity index (χ2n) is 8.79. The number of rotatable bonds is 0. The van der Waals surface area contributed by atoms with Crippen molar-refractivity contribution in [3.63, 3.8) is 0 Å². The Balaban J connectivity index is 2.08. The van der Waals surface area contributed by atoms with Gasteiger partial charge in [0, 0.05) is 0 Å². The van der Waals surface area contributed by atoms with E-state index in [2.05, 4.69) is 0 Å².